The lowest BCUT2D eigenvalue weighted by Crippen LogP contribution is -2.57. The van der Waals surface area contributed by atoms with Crippen LogP contribution in [-0.2, 0) is 4.79 Å². The van der Waals surface area contributed by atoms with Crippen molar-refractivity contribution in [1.82, 2.24) is 15.1 Å². The summed E-state index contributed by atoms with van der Waals surface area (Å²) in [5.41, 5.74) is 3.15. The first-order chi connectivity index (χ1) is 12.8. The standard InChI is InChI=1S/C21H32N4O2/c1-16-11-17(2)13-18(12-16)25-10-9-23(14-19(25)26)20(27)22-15-21(3,4)24-7-5-6-8-24/h11-13H,5-10,14-15H2,1-4H3,(H,22,27). The zero-order valence-corrected chi connectivity index (χ0v) is 17.0. The molecule has 2 heterocycles. The van der Waals surface area contributed by atoms with Gasteiger partial charge in [-0.1, -0.05) is 6.07 Å². The number of benzene rings is 1. The van der Waals surface area contributed by atoms with Gasteiger partial charge in [0.1, 0.15) is 6.54 Å². The molecule has 0 aromatic heterocycles. The number of carbonyl (C=O) groups excluding carboxylic acids is 2. The molecule has 0 aliphatic carbocycles. The fraction of sp³-hybridized carbons (Fsp3) is 0.619. The Bertz CT molecular complexity index is 690. The number of hydrogen-bond acceptors (Lipinski definition) is 3. The lowest BCUT2D eigenvalue weighted by atomic mass is 10.0. The molecule has 2 fully saturated rings. The van der Waals surface area contributed by atoms with E-state index in [9.17, 15) is 9.59 Å². The molecule has 2 aliphatic heterocycles. The van der Waals surface area contributed by atoms with E-state index in [4.69, 9.17) is 0 Å². The quantitative estimate of drug-likeness (QED) is 0.884. The lowest BCUT2D eigenvalue weighted by Gasteiger charge is -2.38. The van der Waals surface area contributed by atoms with Crippen LogP contribution in [0.4, 0.5) is 10.5 Å². The maximum Gasteiger partial charge on any atom is 0.317 e. The Kier molecular flexibility index (Phi) is 5.75. The molecular weight excluding hydrogens is 340 g/mol. The van der Waals surface area contributed by atoms with Crippen LogP contribution in [0.2, 0.25) is 0 Å². The highest BCUT2D eigenvalue weighted by Gasteiger charge is 2.32. The van der Waals surface area contributed by atoms with E-state index >= 15 is 0 Å². The van der Waals surface area contributed by atoms with Crippen LogP contribution in [0.1, 0.15) is 37.8 Å². The summed E-state index contributed by atoms with van der Waals surface area (Å²) >= 11 is 0. The summed E-state index contributed by atoms with van der Waals surface area (Å²) in [5, 5.41) is 3.04. The molecule has 0 spiro atoms. The molecule has 0 radical (unpaired) electrons. The highest BCUT2D eigenvalue weighted by atomic mass is 16.2. The third-order valence-electron chi connectivity index (χ3n) is 5.66. The van der Waals surface area contributed by atoms with Gasteiger partial charge in [0.15, 0.2) is 0 Å². The van der Waals surface area contributed by atoms with Crippen molar-refractivity contribution in [2.45, 2.75) is 46.1 Å². The van der Waals surface area contributed by atoms with Gasteiger partial charge in [0, 0.05) is 30.9 Å². The number of urea groups is 1. The molecule has 1 N–H and O–H groups in total. The second-order valence-corrected chi connectivity index (χ2v) is 8.48. The second kappa shape index (κ2) is 7.89. The average Bonchev–Trinajstić information content (AvgIpc) is 3.14. The van der Waals surface area contributed by atoms with E-state index in [1.807, 2.05) is 26.0 Å². The average molecular weight is 373 g/mol. The smallest absolute Gasteiger partial charge is 0.317 e. The highest BCUT2D eigenvalue weighted by molar-refractivity contribution is 5.97. The van der Waals surface area contributed by atoms with Gasteiger partial charge in [-0.25, -0.2) is 4.79 Å². The number of aryl methyl sites for hydroxylation is 2. The fourth-order valence-corrected chi connectivity index (χ4v) is 4.06. The van der Waals surface area contributed by atoms with Crippen LogP contribution in [0.15, 0.2) is 18.2 Å². The Morgan fingerprint density at radius 3 is 2.26 bits per heavy atom. The number of likely N-dealkylation sites (tertiary alicyclic amines) is 1. The summed E-state index contributed by atoms with van der Waals surface area (Å²) in [5.74, 6) is -0.0276. The molecule has 1 aromatic rings. The molecular formula is C21H32N4O2. The number of rotatable bonds is 4. The Morgan fingerprint density at radius 2 is 1.67 bits per heavy atom. The van der Waals surface area contributed by atoms with Crippen LogP contribution >= 0.6 is 0 Å². The first kappa shape index (κ1) is 19.7. The predicted octanol–water partition coefficient (Wildman–Crippen LogP) is 2.54. The van der Waals surface area contributed by atoms with E-state index in [-0.39, 0.29) is 24.0 Å². The van der Waals surface area contributed by atoms with Gasteiger partial charge in [0.05, 0.1) is 0 Å². The van der Waals surface area contributed by atoms with Crippen molar-refractivity contribution in [2.75, 3.05) is 44.2 Å². The Morgan fingerprint density at radius 1 is 1.04 bits per heavy atom. The predicted molar refractivity (Wildman–Crippen MR) is 108 cm³/mol. The molecule has 1 aromatic carbocycles. The van der Waals surface area contributed by atoms with Crippen molar-refractivity contribution >= 4 is 17.6 Å². The lowest BCUT2D eigenvalue weighted by molar-refractivity contribution is -0.120. The summed E-state index contributed by atoms with van der Waals surface area (Å²) in [6.45, 7) is 12.4. The van der Waals surface area contributed by atoms with Crippen molar-refractivity contribution in [3.05, 3.63) is 29.3 Å². The van der Waals surface area contributed by atoms with Gasteiger partial charge in [0.25, 0.3) is 0 Å². The van der Waals surface area contributed by atoms with Crippen LogP contribution in [0.5, 0.6) is 0 Å². The van der Waals surface area contributed by atoms with Crippen LogP contribution < -0.4 is 10.2 Å². The van der Waals surface area contributed by atoms with Crippen molar-refractivity contribution in [1.29, 1.82) is 0 Å². The van der Waals surface area contributed by atoms with E-state index in [0.717, 1.165) is 29.9 Å². The Labute approximate surface area is 162 Å². The van der Waals surface area contributed by atoms with E-state index in [1.54, 1.807) is 9.80 Å². The largest absolute Gasteiger partial charge is 0.336 e. The minimum absolute atomic E-state index is 0.0276. The monoisotopic (exact) mass is 372 g/mol. The summed E-state index contributed by atoms with van der Waals surface area (Å²) in [6, 6.07) is 6.01. The number of nitrogens with zero attached hydrogens (tertiary/aromatic N) is 3. The minimum atomic E-state index is -0.143. The third kappa shape index (κ3) is 4.61. The number of carbonyl (C=O) groups is 2. The van der Waals surface area contributed by atoms with Crippen LogP contribution in [-0.4, -0.2) is 66.5 Å². The first-order valence-corrected chi connectivity index (χ1v) is 9.93. The van der Waals surface area contributed by atoms with Gasteiger partial charge >= 0.3 is 6.03 Å². The molecule has 0 unspecified atom stereocenters. The molecule has 6 heteroatoms. The summed E-state index contributed by atoms with van der Waals surface area (Å²) in [4.78, 5) is 31.1. The molecule has 0 bridgehead atoms. The molecule has 2 aliphatic rings. The van der Waals surface area contributed by atoms with E-state index < -0.39 is 0 Å². The van der Waals surface area contributed by atoms with Crippen molar-refractivity contribution in [2.24, 2.45) is 0 Å². The zero-order chi connectivity index (χ0) is 19.6. The summed E-state index contributed by atoms with van der Waals surface area (Å²) in [7, 11) is 0. The highest BCUT2D eigenvalue weighted by Crippen LogP contribution is 2.22. The Balaban J connectivity index is 1.55. The second-order valence-electron chi connectivity index (χ2n) is 8.48. The van der Waals surface area contributed by atoms with Crippen LogP contribution in [0.25, 0.3) is 0 Å². The van der Waals surface area contributed by atoms with Crippen molar-refractivity contribution in [3.8, 4) is 0 Å². The zero-order valence-electron chi connectivity index (χ0n) is 17.0. The van der Waals surface area contributed by atoms with Crippen LogP contribution in [0.3, 0.4) is 0 Å². The molecule has 2 saturated heterocycles. The van der Waals surface area contributed by atoms with E-state index in [2.05, 4.69) is 30.1 Å². The summed E-state index contributed by atoms with van der Waals surface area (Å²) < 4.78 is 0. The molecule has 3 amide bonds. The molecule has 6 nitrogen and oxygen atoms in total. The van der Waals surface area contributed by atoms with Gasteiger partial charge in [0.2, 0.25) is 5.91 Å². The number of anilines is 1. The topological polar surface area (TPSA) is 55.9 Å². The molecule has 27 heavy (non-hydrogen) atoms. The maximum absolute atomic E-state index is 12.6. The minimum Gasteiger partial charge on any atom is -0.336 e. The SMILES string of the molecule is Cc1cc(C)cc(N2CCN(C(=O)NCC(C)(C)N3CCCC3)CC2=O)c1. The fourth-order valence-electron chi connectivity index (χ4n) is 4.06. The van der Waals surface area contributed by atoms with Gasteiger partial charge in [-0.2, -0.15) is 0 Å². The molecule has 0 saturated carbocycles. The van der Waals surface area contributed by atoms with Gasteiger partial charge < -0.3 is 15.1 Å². The van der Waals surface area contributed by atoms with Gasteiger partial charge in [-0.05, 0) is 76.9 Å². The third-order valence-corrected chi connectivity index (χ3v) is 5.66. The normalized spacial score (nSPS) is 18.9. The summed E-state index contributed by atoms with van der Waals surface area (Å²) in [6.07, 6.45) is 2.46. The van der Waals surface area contributed by atoms with Gasteiger partial charge in [-0.15, -0.1) is 0 Å². The molecule has 148 valence electrons. The molecule has 0 atom stereocenters. The number of amides is 3. The Hall–Kier alpha value is -2.08. The van der Waals surface area contributed by atoms with Crippen molar-refractivity contribution < 1.29 is 9.59 Å². The maximum atomic E-state index is 12.6. The van der Waals surface area contributed by atoms with Crippen molar-refractivity contribution in [3.63, 3.8) is 0 Å². The number of nitrogens with one attached hydrogen (secondary N) is 1. The number of hydrogen-bond donors (Lipinski definition) is 1. The van der Waals surface area contributed by atoms with Gasteiger partial charge in [-0.3, -0.25) is 9.69 Å². The van der Waals surface area contributed by atoms with Crippen LogP contribution in [0, 0.1) is 13.8 Å². The van der Waals surface area contributed by atoms with E-state index in [1.165, 1.54) is 12.8 Å². The first-order valence-electron chi connectivity index (χ1n) is 9.93. The van der Waals surface area contributed by atoms with E-state index in [0.29, 0.717) is 19.6 Å². The molecule has 3 rings (SSSR count). The number of piperazine rings is 1.